The summed E-state index contributed by atoms with van der Waals surface area (Å²) in [5, 5.41) is 14.2. The van der Waals surface area contributed by atoms with E-state index < -0.39 is 5.66 Å². The molecule has 0 saturated carbocycles. The number of nitrogens with zero attached hydrogens (tertiary/aromatic N) is 2. The number of phenolic OH excluding ortho intramolecular Hbond substituents is 1. The van der Waals surface area contributed by atoms with Gasteiger partial charge < -0.3 is 19.5 Å². The van der Waals surface area contributed by atoms with Crippen LogP contribution in [0, 0.1) is 0 Å². The molecule has 2 aliphatic heterocycles. The molecule has 1 fully saturated rings. The van der Waals surface area contributed by atoms with Crippen LogP contribution in [-0.2, 0) is 4.74 Å². The fourth-order valence-corrected chi connectivity index (χ4v) is 4.36. The molecule has 1 atom stereocenters. The molecule has 4 rings (SSSR count). The number of hydrogen-bond acceptors (Lipinski definition) is 6. The van der Waals surface area contributed by atoms with Crippen LogP contribution in [-0.4, -0.2) is 54.3 Å². The molecule has 2 aliphatic rings. The van der Waals surface area contributed by atoms with E-state index in [0.717, 1.165) is 22.6 Å². The van der Waals surface area contributed by atoms with Crippen LogP contribution in [0.1, 0.15) is 43.4 Å². The third-order valence-corrected chi connectivity index (χ3v) is 6.04. The van der Waals surface area contributed by atoms with Crippen molar-refractivity contribution in [1.29, 1.82) is 0 Å². The summed E-state index contributed by atoms with van der Waals surface area (Å²) in [6, 6.07) is 15.4. The Kier molecular flexibility index (Phi) is 6.13. The van der Waals surface area contributed by atoms with E-state index in [9.17, 15) is 9.90 Å². The van der Waals surface area contributed by atoms with E-state index in [1.165, 1.54) is 0 Å². The number of methoxy groups -OCH3 is 1. The van der Waals surface area contributed by atoms with Crippen LogP contribution in [0.4, 0.5) is 4.79 Å². The molecule has 2 aromatic rings. The molecule has 1 spiro atoms. The molecular formula is C24H29N3O4. The van der Waals surface area contributed by atoms with Gasteiger partial charge in [-0.2, -0.15) is 0 Å². The lowest BCUT2D eigenvalue weighted by Crippen LogP contribution is -2.56. The van der Waals surface area contributed by atoms with Gasteiger partial charge in [0.25, 0.3) is 0 Å². The van der Waals surface area contributed by atoms with Crippen molar-refractivity contribution in [2.45, 2.75) is 37.9 Å². The maximum Gasteiger partial charge on any atom is 0.409 e. The number of carbonyl (C=O) groups is 1. The van der Waals surface area contributed by atoms with Crippen molar-refractivity contribution >= 4 is 11.8 Å². The van der Waals surface area contributed by atoms with Crippen LogP contribution in [0.2, 0.25) is 0 Å². The lowest BCUT2D eigenvalue weighted by molar-refractivity contribution is 0.0779. The second-order valence-electron chi connectivity index (χ2n) is 7.97. The van der Waals surface area contributed by atoms with Crippen LogP contribution >= 0.6 is 0 Å². The van der Waals surface area contributed by atoms with Crippen LogP contribution < -0.4 is 10.1 Å². The van der Waals surface area contributed by atoms with Gasteiger partial charge in [-0.25, -0.2) is 4.79 Å². The largest absolute Gasteiger partial charge is 0.507 e. The summed E-state index contributed by atoms with van der Waals surface area (Å²) < 4.78 is 10.5. The minimum atomic E-state index is -0.497. The van der Waals surface area contributed by atoms with E-state index >= 15 is 0 Å². The van der Waals surface area contributed by atoms with E-state index in [1.54, 1.807) is 18.1 Å². The number of nitrogens with one attached hydrogen (secondary N) is 1. The SMILES string of the molecule is CCOC(=O)N1CCC2(CC1)N=C(c1ccccc1O)C[C@H](c1ccc(OC)cc1)N2. The molecule has 1 saturated heterocycles. The highest BCUT2D eigenvalue weighted by atomic mass is 16.6. The van der Waals surface area contributed by atoms with E-state index in [0.29, 0.717) is 39.0 Å². The van der Waals surface area contributed by atoms with Crippen molar-refractivity contribution in [3.8, 4) is 11.5 Å². The average molecular weight is 424 g/mol. The molecular weight excluding hydrogens is 394 g/mol. The lowest BCUT2D eigenvalue weighted by Gasteiger charge is -2.45. The lowest BCUT2D eigenvalue weighted by atomic mass is 9.87. The van der Waals surface area contributed by atoms with Gasteiger partial charge in [0.05, 0.1) is 13.7 Å². The molecule has 0 aromatic heterocycles. The highest BCUT2D eigenvalue weighted by Gasteiger charge is 2.41. The van der Waals surface area contributed by atoms with Crippen molar-refractivity contribution in [1.82, 2.24) is 10.2 Å². The quantitative estimate of drug-likeness (QED) is 0.780. The van der Waals surface area contributed by atoms with Crippen molar-refractivity contribution in [3.05, 3.63) is 59.7 Å². The zero-order chi connectivity index (χ0) is 21.8. The first-order valence-electron chi connectivity index (χ1n) is 10.7. The van der Waals surface area contributed by atoms with Gasteiger partial charge in [-0.05, 0) is 36.8 Å². The molecule has 2 N–H and O–H groups in total. The molecule has 31 heavy (non-hydrogen) atoms. The van der Waals surface area contributed by atoms with E-state index in [4.69, 9.17) is 14.5 Å². The number of hydrogen-bond donors (Lipinski definition) is 2. The third kappa shape index (κ3) is 4.51. The Morgan fingerprint density at radius 1 is 1.19 bits per heavy atom. The highest BCUT2D eigenvalue weighted by molar-refractivity contribution is 6.03. The first-order valence-corrected chi connectivity index (χ1v) is 10.7. The number of likely N-dealkylation sites (tertiary alicyclic amines) is 1. The summed E-state index contributed by atoms with van der Waals surface area (Å²) in [6.45, 7) is 3.32. The van der Waals surface area contributed by atoms with E-state index in [2.05, 4.69) is 17.4 Å². The molecule has 0 unspecified atom stereocenters. The number of aliphatic imine (C=N–C) groups is 1. The fourth-order valence-electron chi connectivity index (χ4n) is 4.36. The molecule has 0 aliphatic carbocycles. The van der Waals surface area contributed by atoms with Crippen molar-refractivity contribution in [2.75, 3.05) is 26.8 Å². The van der Waals surface area contributed by atoms with Crippen LogP contribution in [0.15, 0.2) is 53.5 Å². The second-order valence-corrected chi connectivity index (χ2v) is 7.97. The monoisotopic (exact) mass is 423 g/mol. The normalized spacial score (nSPS) is 20.3. The number of carbonyl (C=O) groups excluding carboxylic acids is 1. The standard InChI is InChI=1S/C24H29N3O4/c1-3-31-23(29)27-14-12-24(13-15-27)25-20(17-8-10-18(30-2)11-9-17)16-21(26-24)19-6-4-5-7-22(19)28/h4-11,20,25,28H,3,12-16H2,1-2H3/t20-/m1/s1. The Morgan fingerprint density at radius 3 is 2.55 bits per heavy atom. The van der Waals surface area contributed by atoms with Gasteiger partial charge in [-0.1, -0.05) is 24.3 Å². The summed E-state index contributed by atoms with van der Waals surface area (Å²) in [7, 11) is 1.66. The predicted molar refractivity (Wildman–Crippen MR) is 119 cm³/mol. The topological polar surface area (TPSA) is 83.4 Å². The minimum Gasteiger partial charge on any atom is -0.507 e. The smallest absolute Gasteiger partial charge is 0.409 e. The number of rotatable bonds is 4. The van der Waals surface area contributed by atoms with Crippen LogP contribution in [0.5, 0.6) is 11.5 Å². The Morgan fingerprint density at radius 2 is 1.90 bits per heavy atom. The molecule has 2 heterocycles. The summed E-state index contributed by atoms with van der Waals surface area (Å²) in [6.07, 6.45) is 1.74. The van der Waals surface area contributed by atoms with Crippen molar-refractivity contribution < 1.29 is 19.4 Å². The maximum absolute atomic E-state index is 12.1. The van der Waals surface area contributed by atoms with Gasteiger partial charge in [0.15, 0.2) is 0 Å². The Bertz CT molecular complexity index is 950. The number of phenols is 1. The first kappa shape index (κ1) is 21.2. The zero-order valence-corrected chi connectivity index (χ0v) is 18.0. The first-order chi connectivity index (χ1) is 15.0. The molecule has 7 heteroatoms. The van der Waals surface area contributed by atoms with Crippen molar-refractivity contribution in [2.24, 2.45) is 4.99 Å². The van der Waals surface area contributed by atoms with Gasteiger partial charge in [-0.3, -0.25) is 10.3 Å². The number of benzene rings is 2. The Hall–Kier alpha value is -3.06. The molecule has 2 aromatic carbocycles. The highest BCUT2D eigenvalue weighted by Crippen LogP contribution is 2.36. The number of amides is 1. The average Bonchev–Trinajstić information content (AvgIpc) is 2.80. The molecule has 1 amide bonds. The van der Waals surface area contributed by atoms with E-state index in [1.807, 2.05) is 37.3 Å². The number of para-hydroxylation sites is 1. The third-order valence-electron chi connectivity index (χ3n) is 6.04. The second kappa shape index (κ2) is 8.98. The predicted octanol–water partition coefficient (Wildman–Crippen LogP) is 3.87. The van der Waals surface area contributed by atoms with Gasteiger partial charge in [0.1, 0.15) is 17.2 Å². The number of piperidine rings is 1. The van der Waals surface area contributed by atoms with Crippen LogP contribution in [0.25, 0.3) is 0 Å². The van der Waals surface area contributed by atoms with Crippen LogP contribution in [0.3, 0.4) is 0 Å². The summed E-state index contributed by atoms with van der Waals surface area (Å²) in [5.74, 6) is 1.04. The molecule has 7 nitrogen and oxygen atoms in total. The van der Waals surface area contributed by atoms with Gasteiger partial charge in [0, 0.05) is 49.7 Å². The zero-order valence-electron chi connectivity index (χ0n) is 18.0. The summed E-state index contributed by atoms with van der Waals surface area (Å²) in [4.78, 5) is 19.0. The number of aromatic hydroxyl groups is 1. The maximum atomic E-state index is 12.1. The van der Waals surface area contributed by atoms with Gasteiger partial charge in [-0.15, -0.1) is 0 Å². The fraction of sp³-hybridized carbons (Fsp3) is 0.417. The van der Waals surface area contributed by atoms with Gasteiger partial charge >= 0.3 is 6.09 Å². The summed E-state index contributed by atoms with van der Waals surface area (Å²) >= 11 is 0. The Balaban J connectivity index is 1.64. The Labute approximate surface area is 182 Å². The van der Waals surface area contributed by atoms with E-state index in [-0.39, 0.29) is 17.9 Å². The van der Waals surface area contributed by atoms with Crippen molar-refractivity contribution in [3.63, 3.8) is 0 Å². The molecule has 164 valence electrons. The molecule has 0 radical (unpaired) electrons. The molecule has 0 bridgehead atoms. The number of ether oxygens (including phenoxy) is 2. The summed E-state index contributed by atoms with van der Waals surface area (Å²) in [5.41, 5.74) is 2.27. The minimum absolute atomic E-state index is 0.0344. The van der Waals surface area contributed by atoms with Gasteiger partial charge in [0.2, 0.25) is 0 Å².